The number of halogens is 1. The summed E-state index contributed by atoms with van der Waals surface area (Å²) in [6, 6.07) is 3.92. The second kappa shape index (κ2) is 7.92. The number of fused-ring (bicyclic) bond motifs is 1. The summed E-state index contributed by atoms with van der Waals surface area (Å²) >= 11 is 6.23. The van der Waals surface area contributed by atoms with Crippen LogP contribution in [-0.4, -0.2) is 47.5 Å². The average Bonchev–Trinajstić information content (AvgIpc) is 3.05. The highest BCUT2D eigenvalue weighted by Gasteiger charge is 2.59. The Balaban J connectivity index is 2.24. The zero-order valence-electron chi connectivity index (χ0n) is 17.9. The van der Waals surface area contributed by atoms with Crippen molar-refractivity contribution in [3.05, 3.63) is 29.4 Å². The first-order valence-electron chi connectivity index (χ1n) is 9.84. The SMILES string of the molecule is C[C@@H]1CCC[N+]1(C(=O)OC(C)(C)C)S(=O)(=O)c1ccc2c(Cl)cnc(N=C(N)N)c2c1. The van der Waals surface area contributed by atoms with E-state index >= 15 is 0 Å². The van der Waals surface area contributed by atoms with Gasteiger partial charge in [0.15, 0.2) is 11.8 Å². The summed E-state index contributed by atoms with van der Waals surface area (Å²) in [5.74, 6) is -0.0930. The maximum Gasteiger partial charge on any atom is 0.532 e. The Morgan fingerprint density at radius 3 is 2.52 bits per heavy atom. The summed E-state index contributed by atoms with van der Waals surface area (Å²) in [4.78, 5) is 21.3. The summed E-state index contributed by atoms with van der Waals surface area (Å²) in [6.07, 6.45) is 1.77. The molecule has 1 fully saturated rings. The van der Waals surface area contributed by atoms with Gasteiger partial charge < -0.3 is 16.2 Å². The van der Waals surface area contributed by atoms with Crippen molar-refractivity contribution in [1.29, 1.82) is 0 Å². The van der Waals surface area contributed by atoms with Gasteiger partial charge in [0.05, 0.1) is 5.02 Å². The summed E-state index contributed by atoms with van der Waals surface area (Å²) in [7, 11) is -4.19. The van der Waals surface area contributed by atoms with Crippen LogP contribution >= 0.6 is 11.6 Å². The van der Waals surface area contributed by atoms with Crippen LogP contribution in [0.1, 0.15) is 40.5 Å². The zero-order chi connectivity index (χ0) is 23.2. The van der Waals surface area contributed by atoms with Gasteiger partial charge in [0, 0.05) is 29.8 Å². The van der Waals surface area contributed by atoms with Crippen molar-refractivity contribution < 1.29 is 21.8 Å². The van der Waals surface area contributed by atoms with Gasteiger partial charge >= 0.3 is 16.1 Å². The minimum Gasteiger partial charge on any atom is -0.413 e. The number of nitrogens with two attached hydrogens (primary N) is 2. The Morgan fingerprint density at radius 2 is 1.97 bits per heavy atom. The number of nitrogens with zero attached hydrogens (tertiary/aromatic N) is 3. The number of aliphatic imine (C=N–C) groups is 1. The molecule has 2 heterocycles. The molecule has 9 nitrogen and oxygen atoms in total. The minimum absolute atomic E-state index is 0.0595. The van der Waals surface area contributed by atoms with Crippen LogP contribution in [-0.2, 0) is 14.8 Å². The Morgan fingerprint density at radius 1 is 1.29 bits per heavy atom. The first kappa shape index (κ1) is 23.2. The van der Waals surface area contributed by atoms with Crippen molar-refractivity contribution in [3.63, 3.8) is 0 Å². The van der Waals surface area contributed by atoms with Crippen LogP contribution in [0.4, 0.5) is 10.6 Å². The van der Waals surface area contributed by atoms with Gasteiger partial charge in [-0.2, -0.15) is 18.2 Å². The van der Waals surface area contributed by atoms with Crippen molar-refractivity contribution in [2.75, 3.05) is 6.54 Å². The number of hydrogen-bond acceptors (Lipinski definition) is 6. The third-order valence-corrected chi connectivity index (χ3v) is 7.98. The molecule has 1 aliphatic rings. The molecule has 31 heavy (non-hydrogen) atoms. The van der Waals surface area contributed by atoms with Gasteiger partial charge in [-0.05, 0) is 39.8 Å². The molecular formula is C20H27ClN5O4S+. The van der Waals surface area contributed by atoms with Crippen LogP contribution in [0, 0.1) is 0 Å². The summed E-state index contributed by atoms with van der Waals surface area (Å²) < 4.78 is 32.5. The Hall–Kier alpha value is -2.43. The Labute approximate surface area is 186 Å². The number of sulfonamides is 1. The van der Waals surface area contributed by atoms with E-state index in [1.165, 1.54) is 18.3 Å². The van der Waals surface area contributed by atoms with E-state index < -0.39 is 31.6 Å². The first-order chi connectivity index (χ1) is 14.3. The number of aromatic nitrogens is 1. The van der Waals surface area contributed by atoms with Gasteiger partial charge in [0.1, 0.15) is 23.1 Å². The fraction of sp³-hybridized carbons (Fsp3) is 0.450. The summed E-state index contributed by atoms with van der Waals surface area (Å²) in [5, 5.41) is 1.21. The van der Waals surface area contributed by atoms with Crippen LogP contribution in [0.25, 0.3) is 10.8 Å². The van der Waals surface area contributed by atoms with Crippen LogP contribution in [0.3, 0.4) is 0 Å². The van der Waals surface area contributed by atoms with Gasteiger partial charge in [-0.15, -0.1) is 3.89 Å². The third-order valence-electron chi connectivity index (χ3n) is 5.28. The number of ether oxygens (including phenoxy) is 1. The van der Waals surface area contributed by atoms with E-state index in [0.29, 0.717) is 28.6 Å². The van der Waals surface area contributed by atoms with Gasteiger partial charge in [-0.1, -0.05) is 17.7 Å². The number of guanidine groups is 1. The molecule has 1 aromatic carbocycles. The number of carbonyl (C=O) groups excluding carboxylic acids is 1. The van der Waals surface area contributed by atoms with Gasteiger partial charge in [0.25, 0.3) is 0 Å². The van der Waals surface area contributed by atoms with E-state index in [1.807, 2.05) is 0 Å². The van der Waals surface area contributed by atoms with E-state index in [9.17, 15) is 13.2 Å². The van der Waals surface area contributed by atoms with Crippen LogP contribution in [0.5, 0.6) is 0 Å². The maximum atomic E-state index is 13.9. The number of benzene rings is 1. The van der Waals surface area contributed by atoms with Crippen molar-refractivity contribution >= 4 is 50.3 Å². The highest BCUT2D eigenvalue weighted by Crippen LogP contribution is 2.39. The van der Waals surface area contributed by atoms with E-state index in [-0.39, 0.29) is 23.2 Å². The highest BCUT2D eigenvalue weighted by atomic mass is 35.5. The van der Waals surface area contributed by atoms with Gasteiger partial charge in [0.2, 0.25) is 0 Å². The summed E-state index contributed by atoms with van der Waals surface area (Å²) in [5.41, 5.74) is 10.1. The van der Waals surface area contributed by atoms with E-state index in [1.54, 1.807) is 33.8 Å². The lowest BCUT2D eigenvalue weighted by Crippen LogP contribution is -2.60. The Bertz CT molecular complexity index is 1170. The standard InChI is InChI=1S/C20H27ClN5O4S/c1-12-6-5-9-26(12,19(27)30-20(2,3)4)31(28,29)13-7-8-14-15(10-13)17(25-18(22)23)24-11-16(14)21/h7-8,10-12H,5-6,9H2,1-4H3,(H4,22,23,24,25)/q+1/t12-,26?/m1/s1. The molecule has 1 unspecified atom stereocenters. The lowest BCUT2D eigenvalue weighted by molar-refractivity contribution is -0.743. The van der Waals surface area contributed by atoms with Crippen molar-refractivity contribution in [2.45, 2.75) is 57.1 Å². The number of quaternary nitrogens is 1. The highest BCUT2D eigenvalue weighted by molar-refractivity contribution is 7.86. The quantitative estimate of drug-likeness (QED) is 0.399. The largest absolute Gasteiger partial charge is 0.532 e. The molecule has 1 amide bonds. The molecule has 0 spiro atoms. The molecular weight excluding hydrogens is 442 g/mol. The average molecular weight is 469 g/mol. The molecule has 0 bridgehead atoms. The lowest BCUT2D eigenvalue weighted by atomic mass is 10.1. The fourth-order valence-electron chi connectivity index (χ4n) is 3.85. The van der Waals surface area contributed by atoms with Crippen LogP contribution in [0.2, 0.25) is 5.02 Å². The molecule has 3 rings (SSSR count). The second-order valence-electron chi connectivity index (χ2n) is 8.64. The van der Waals surface area contributed by atoms with E-state index in [4.69, 9.17) is 27.8 Å². The number of likely N-dealkylation sites (tertiary alicyclic amines) is 1. The molecule has 4 N–H and O–H groups in total. The van der Waals surface area contributed by atoms with Crippen molar-refractivity contribution in [2.24, 2.45) is 16.5 Å². The number of hydrogen-bond donors (Lipinski definition) is 2. The first-order valence-corrected chi connectivity index (χ1v) is 11.7. The van der Waals surface area contributed by atoms with Crippen LogP contribution in [0.15, 0.2) is 34.3 Å². The topological polar surface area (TPSA) is 138 Å². The number of rotatable bonds is 3. The van der Waals surface area contributed by atoms with E-state index in [0.717, 1.165) is 0 Å². The Kier molecular flexibility index (Phi) is 5.94. The molecule has 0 saturated carbocycles. The molecule has 11 heteroatoms. The molecule has 1 saturated heterocycles. The van der Waals surface area contributed by atoms with Crippen molar-refractivity contribution in [1.82, 2.24) is 4.98 Å². The maximum absolute atomic E-state index is 13.9. The predicted octanol–water partition coefficient (Wildman–Crippen LogP) is 3.42. The van der Waals surface area contributed by atoms with Crippen molar-refractivity contribution in [3.8, 4) is 0 Å². The molecule has 2 atom stereocenters. The minimum atomic E-state index is -4.19. The molecule has 1 aliphatic heterocycles. The van der Waals surface area contributed by atoms with Crippen LogP contribution < -0.4 is 11.5 Å². The van der Waals surface area contributed by atoms with Gasteiger partial charge in [-0.25, -0.2) is 4.98 Å². The monoisotopic (exact) mass is 468 g/mol. The normalized spacial score (nSPS) is 21.8. The lowest BCUT2D eigenvalue weighted by Gasteiger charge is -2.34. The smallest absolute Gasteiger partial charge is 0.413 e. The third kappa shape index (κ3) is 4.07. The molecule has 0 aliphatic carbocycles. The van der Waals surface area contributed by atoms with E-state index in [2.05, 4.69) is 9.98 Å². The number of amides is 1. The molecule has 1 aromatic heterocycles. The number of pyridine rings is 1. The molecule has 168 valence electrons. The summed E-state index contributed by atoms with van der Waals surface area (Å²) in [6.45, 7) is 7.00. The number of carbonyl (C=O) groups is 1. The molecule has 2 aromatic rings. The molecule has 0 radical (unpaired) electrons. The fourth-order valence-corrected chi connectivity index (χ4v) is 6.13. The van der Waals surface area contributed by atoms with Gasteiger partial charge in [-0.3, -0.25) is 0 Å². The zero-order valence-corrected chi connectivity index (χ0v) is 19.5. The predicted molar refractivity (Wildman–Crippen MR) is 119 cm³/mol. The second-order valence-corrected chi connectivity index (χ2v) is 11.1.